The molecule has 1 saturated carbocycles. The van der Waals surface area contributed by atoms with Crippen LogP contribution in [0.25, 0.3) is 0 Å². The second-order valence-electron chi connectivity index (χ2n) is 8.56. The Bertz CT molecular complexity index is 1060. The Morgan fingerprint density at radius 1 is 1.15 bits per heavy atom. The Morgan fingerprint density at radius 2 is 1.88 bits per heavy atom. The van der Waals surface area contributed by atoms with Gasteiger partial charge in [-0.2, -0.15) is 0 Å². The third kappa shape index (κ3) is 7.52. The van der Waals surface area contributed by atoms with Crippen molar-refractivity contribution in [2.45, 2.75) is 44.2 Å². The van der Waals surface area contributed by atoms with Gasteiger partial charge in [0.15, 0.2) is 0 Å². The highest BCUT2D eigenvalue weighted by atomic mass is 32.2. The highest BCUT2D eigenvalue weighted by molar-refractivity contribution is 7.88. The minimum Gasteiger partial charge on any atom is -0.497 e. The van der Waals surface area contributed by atoms with Crippen LogP contribution in [-0.4, -0.2) is 46.8 Å². The summed E-state index contributed by atoms with van der Waals surface area (Å²) >= 11 is 0. The number of ether oxygens (including phenoxy) is 1. The van der Waals surface area contributed by atoms with Crippen LogP contribution in [-0.2, 0) is 10.0 Å². The number of methoxy groups -OCH3 is 1. The molecule has 1 amide bonds. The Hall–Kier alpha value is -2.49. The largest absolute Gasteiger partial charge is 0.497 e. The molecule has 1 aliphatic carbocycles. The van der Waals surface area contributed by atoms with Gasteiger partial charge in [0.2, 0.25) is 10.0 Å². The molecule has 0 aliphatic heterocycles. The molecule has 1 unspecified atom stereocenters. The zero-order valence-electron chi connectivity index (χ0n) is 19.2. The zero-order chi connectivity index (χ0) is 24.0. The molecule has 3 atom stereocenters. The summed E-state index contributed by atoms with van der Waals surface area (Å²) in [5.41, 5.74) is 2.59. The van der Waals surface area contributed by atoms with Crippen LogP contribution in [0.3, 0.4) is 0 Å². The smallest absolute Gasteiger partial charge is 0.251 e. The van der Waals surface area contributed by atoms with E-state index in [1.165, 1.54) is 24.8 Å². The normalized spacial score (nSPS) is 19.3. The Morgan fingerprint density at radius 3 is 2.55 bits per heavy atom. The van der Waals surface area contributed by atoms with Crippen molar-refractivity contribution in [3.63, 3.8) is 0 Å². The van der Waals surface area contributed by atoms with Gasteiger partial charge in [0.25, 0.3) is 5.91 Å². The summed E-state index contributed by atoms with van der Waals surface area (Å²) in [6.45, 7) is 2.40. The predicted molar refractivity (Wildman–Crippen MR) is 127 cm³/mol. The number of sulfonamides is 1. The SMILES string of the molecule is COc1cc(F)cc([C@@H](C)NC2CC[C@H](c3ccc(C(=O)NCCNS(C)(=O)=O)cc3)C2)c1. The van der Waals surface area contributed by atoms with Crippen molar-refractivity contribution in [2.75, 3.05) is 26.5 Å². The van der Waals surface area contributed by atoms with Crippen LogP contribution in [0.2, 0.25) is 0 Å². The van der Waals surface area contributed by atoms with E-state index in [-0.39, 0.29) is 30.9 Å². The monoisotopic (exact) mass is 477 g/mol. The van der Waals surface area contributed by atoms with E-state index in [0.29, 0.717) is 23.3 Å². The molecule has 0 saturated heterocycles. The van der Waals surface area contributed by atoms with E-state index < -0.39 is 10.0 Å². The fourth-order valence-electron chi connectivity index (χ4n) is 4.26. The molecule has 0 bridgehead atoms. The van der Waals surface area contributed by atoms with Crippen LogP contribution in [0.5, 0.6) is 5.75 Å². The van der Waals surface area contributed by atoms with E-state index in [4.69, 9.17) is 4.74 Å². The maximum Gasteiger partial charge on any atom is 0.251 e. The number of hydrogen-bond donors (Lipinski definition) is 3. The van der Waals surface area contributed by atoms with Gasteiger partial charge in [-0.05, 0) is 67.5 Å². The van der Waals surface area contributed by atoms with E-state index in [1.54, 1.807) is 12.1 Å². The van der Waals surface area contributed by atoms with Crippen molar-refractivity contribution < 1.29 is 22.3 Å². The van der Waals surface area contributed by atoms with Gasteiger partial charge in [-0.3, -0.25) is 4.79 Å². The molecule has 9 heteroatoms. The Labute approximate surface area is 195 Å². The summed E-state index contributed by atoms with van der Waals surface area (Å²) in [5, 5.41) is 6.31. The molecule has 3 N–H and O–H groups in total. The van der Waals surface area contributed by atoms with Crippen LogP contribution in [0.15, 0.2) is 42.5 Å². The zero-order valence-corrected chi connectivity index (χ0v) is 20.0. The Kier molecular flexibility index (Phi) is 8.45. The van der Waals surface area contributed by atoms with E-state index >= 15 is 0 Å². The molecule has 2 aromatic rings. The maximum absolute atomic E-state index is 13.8. The Balaban J connectivity index is 1.50. The van der Waals surface area contributed by atoms with Crippen molar-refractivity contribution in [1.82, 2.24) is 15.4 Å². The van der Waals surface area contributed by atoms with Crippen molar-refractivity contribution in [3.05, 3.63) is 65.0 Å². The summed E-state index contributed by atoms with van der Waals surface area (Å²) in [4.78, 5) is 12.2. The standard InChI is InChI=1S/C24H32FN3O4S/c1-16(20-12-21(25)15-23(14-20)32-2)28-22-9-8-19(13-22)17-4-6-18(7-5-17)24(29)26-10-11-27-33(3,30)31/h4-7,12,14-16,19,22,27-28H,8-11,13H2,1-3H3,(H,26,29)/t16-,19+,22?/m1/s1. The van der Waals surface area contributed by atoms with Gasteiger partial charge in [-0.25, -0.2) is 17.5 Å². The van der Waals surface area contributed by atoms with E-state index in [1.807, 2.05) is 25.1 Å². The first kappa shape index (κ1) is 25.1. The molecule has 180 valence electrons. The first-order valence-corrected chi connectivity index (χ1v) is 13.0. The molecule has 7 nitrogen and oxygen atoms in total. The first-order valence-electron chi connectivity index (χ1n) is 11.1. The molecule has 0 radical (unpaired) electrons. The average Bonchev–Trinajstić information content (AvgIpc) is 3.24. The summed E-state index contributed by atoms with van der Waals surface area (Å²) in [5.74, 6) is 0.367. The van der Waals surface area contributed by atoms with Crippen LogP contribution in [0.1, 0.15) is 59.6 Å². The van der Waals surface area contributed by atoms with E-state index in [0.717, 1.165) is 31.1 Å². The van der Waals surface area contributed by atoms with Crippen molar-refractivity contribution >= 4 is 15.9 Å². The minimum atomic E-state index is -3.26. The summed E-state index contributed by atoms with van der Waals surface area (Å²) in [6, 6.07) is 12.7. The highest BCUT2D eigenvalue weighted by Crippen LogP contribution is 2.35. The molecular formula is C24H32FN3O4S. The van der Waals surface area contributed by atoms with E-state index in [2.05, 4.69) is 15.4 Å². The van der Waals surface area contributed by atoms with Gasteiger partial charge in [-0.1, -0.05) is 12.1 Å². The fourth-order valence-corrected chi connectivity index (χ4v) is 4.73. The summed E-state index contributed by atoms with van der Waals surface area (Å²) < 4.78 is 43.5. The second-order valence-corrected chi connectivity index (χ2v) is 10.4. The molecule has 0 spiro atoms. The quantitative estimate of drug-likeness (QED) is 0.457. The van der Waals surface area contributed by atoms with Crippen molar-refractivity contribution in [2.24, 2.45) is 0 Å². The molecule has 2 aromatic carbocycles. The van der Waals surface area contributed by atoms with Crippen LogP contribution in [0, 0.1) is 5.82 Å². The second kappa shape index (κ2) is 11.1. The van der Waals surface area contributed by atoms with Gasteiger partial charge in [0.05, 0.1) is 13.4 Å². The molecule has 0 heterocycles. The van der Waals surface area contributed by atoms with Gasteiger partial charge < -0.3 is 15.4 Å². The van der Waals surface area contributed by atoms with Gasteiger partial charge in [0, 0.05) is 36.8 Å². The van der Waals surface area contributed by atoms with Gasteiger partial charge in [-0.15, -0.1) is 0 Å². The lowest BCUT2D eigenvalue weighted by Crippen LogP contribution is -2.34. The van der Waals surface area contributed by atoms with Crippen molar-refractivity contribution in [1.29, 1.82) is 0 Å². The topological polar surface area (TPSA) is 96.5 Å². The molecule has 3 rings (SSSR count). The van der Waals surface area contributed by atoms with E-state index in [9.17, 15) is 17.6 Å². The number of amides is 1. The van der Waals surface area contributed by atoms with Crippen LogP contribution < -0.4 is 20.1 Å². The predicted octanol–water partition coefficient (Wildman–Crippen LogP) is 3.10. The minimum absolute atomic E-state index is 0.00149. The first-order chi connectivity index (χ1) is 15.6. The maximum atomic E-state index is 13.8. The number of benzene rings is 2. The molecule has 0 aromatic heterocycles. The number of carbonyl (C=O) groups is 1. The third-order valence-electron chi connectivity index (χ3n) is 5.97. The summed E-state index contributed by atoms with van der Waals surface area (Å²) in [7, 11) is -1.73. The molecule has 33 heavy (non-hydrogen) atoms. The molecule has 1 aliphatic rings. The fraction of sp³-hybridized carbons (Fsp3) is 0.458. The lowest BCUT2D eigenvalue weighted by molar-refractivity contribution is 0.0954. The lowest BCUT2D eigenvalue weighted by atomic mass is 9.96. The van der Waals surface area contributed by atoms with Gasteiger partial charge >= 0.3 is 0 Å². The number of halogens is 1. The number of hydrogen-bond acceptors (Lipinski definition) is 5. The molecular weight excluding hydrogens is 445 g/mol. The van der Waals surface area contributed by atoms with Crippen LogP contribution in [0.4, 0.5) is 4.39 Å². The third-order valence-corrected chi connectivity index (χ3v) is 6.70. The number of nitrogens with one attached hydrogen (secondary N) is 3. The number of carbonyl (C=O) groups excluding carboxylic acids is 1. The lowest BCUT2D eigenvalue weighted by Gasteiger charge is -2.21. The summed E-state index contributed by atoms with van der Waals surface area (Å²) in [6.07, 6.45) is 4.12. The van der Waals surface area contributed by atoms with Crippen LogP contribution >= 0.6 is 0 Å². The molecule has 1 fully saturated rings. The highest BCUT2D eigenvalue weighted by Gasteiger charge is 2.27. The van der Waals surface area contributed by atoms with Crippen molar-refractivity contribution in [3.8, 4) is 5.75 Å². The average molecular weight is 478 g/mol. The number of rotatable bonds is 10. The van der Waals surface area contributed by atoms with Gasteiger partial charge in [0.1, 0.15) is 11.6 Å².